The van der Waals surface area contributed by atoms with Gasteiger partial charge in [0.2, 0.25) is 0 Å². The van der Waals surface area contributed by atoms with Gasteiger partial charge in [0.1, 0.15) is 11.5 Å². The van der Waals surface area contributed by atoms with Gasteiger partial charge in [-0.2, -0.15) is 0 Å². The van der Waals surface area contributed by atoms with E-state index in [4.69, 9.17) is 9.47 Å². The maximum absolute atomic E-state index is 13.8. The fraction of sp³-hybridized carbons (Fsp3) is 0.424. The number of phenols is 2. The molecular formula is C66H90N2O6Zr. The molecule has 6 aromatic rings. The molecule has 75 heavy (non-hydrogen) atoms. The second kappa shape index (κ2) is 26.8. The molecule has 0 saturated heterocycles. The summed E-state index contributed by atoms with van der Waals surface area (Å²) in [5.74, 6) is 0.673. The summed E-state index contributed by atoms with van der Waals surface area (Å²) in [6.45, 7) is 35.8. The van der Waals surface area contributed by atoms with Gasteiger partial charge in [0, 0.05) is 74.2 Å². The van der Waals surface area contributed by atoms with Gasteiger partial charge < -0.3 is 54.6 Å². The van der Waals surface area contributed by atoms with Crippen LogP contribution < -0.4 is 20.0 Å². The number of aryl methyl sites for hydroxylation is 4. The molecule has 0 atom stereocenters. The van der Waals surface area contributed by atoms with Gasteiger partial charge in [0.15, 0.2) is 0 Å². The number of phenolic OH excluding ortho intramolecular Hbond substituents is 2. The molecule has 0 aliphatic rings. The molecule has 2 N–H and O–H groups in total. The third kappa shape index (κ3) is 16.0. The fourth-order valence-corrected chi connectivity index (χ4v) is 9.48. The summed E-state index contributed by atoms with van der Waals surface area (Å²) in [5, 5.41) is 50.5. The van der Waals surface area contributed by atoms with Crippen molar-refractivity contribution in [1.82, 2.24) is 0 Å². The molecule has 0 heterocycles. The third-order valence-corrected chi connectivity index (χ3v) is 13.2. The number of hydrogen-bond acceptors (Lipinski definition) is 8. The molecule has 8 nitrogen and oxygen atoms in total. The number of ether oxygens (including phenoxy) is 2. The van der Waals surface area contributed by atoms with Gasteiger partial charge in [-0.1, -0.05) is 179 Å². The average molecular weight is 1100 g/mol. The van der Waals surface area contributed by atoms with Gasteiger partial charge in [-0.05, 0) is 120 Å². The number of methoxy groups -OCH3 is 2. The Morgan fingerprint density at radius 2 is 0.693 bits per heavy atom. The Bertz CT molecular complexity index is 2630. The summed E-state index contributed by atoms with van der Waals surface area (Å²) in [6.07, 6.45) is 1.54. The van der Waals surface area contributed by atoms with E-state index in [9.17, 15) is 20.4 Å². The van der Waals surface area contributed by atoms with Crippen molar-refractivity contribution in [2.75, 3.05) is 50.3 Å². The van der Waals surface area contributed by atoms with Gasteiger partial charge in [0.05, 0.1) is 11.4 Å². The predicted molar refractivity (Wildman–Crippen MR) is 312 cm³/mol. The zero-order chi connectivity index (χ0) is 53.7. The monoisotopic (exact) mass is 1100 g/mol. The van der Waals surface area contributed by atoms with Crippen LogP contribution in [0.5, 0.6) is 23.0 Å². The molecule has 0 unspecified atom stereocenters. The minimum absolute atomic E-state index is 0. The van der Waals surface area contributed by atoms with Crippen LogP contribution >= 0.6 is 0 Å². The van der Waals surface area contributed by atoms with Crippen molar-refractivity contribution < 1.29 is 56.1 Å². The second-order valence-electron chi connectivity index (χ2n) is 23.8. The van der Waals surface area contributed by atoms with Crippen LogP contribution in [0.15, 0.2) is 97.1 Å². The standard InChI is InChI=1S/2C32H43NO3.2CH3.Zr/c2*1-21-17-24(29(34)25(18-21)31(3,4)5)23-13-10-11-14-27(23)33(15-12-16-36-9)28-20-22(2)19-26(30(28)35)32(6,7)8;;;/h2*10-11,13-14,17-20,34-35H,12,15-16H2,1-9H3;2*1H3;/q;;2*-1;+4/p-2. The molecule has 0 fully saturated rings. The smallest absolute Gasteiger partial charge is 0.872 e. The van der Waals surface area contributed by atoms with Crippen molar-refractivity contribution in [2.24, 2.45) is 0 Å². The van der Waals surface area contributed by atoms with Crippen molar-refractivity contribution in [3.8, 4) is 45.3 Å². The fourth-order valence-electron chi connectivity index (χ4n) is 9.48. The molecule has 404 valence electrons. The Morgan fingerprint density at radius 3 is 0.987 bits per heavy atom. The molecular weight excluding hydrogens is 1010 g/mol. The summed E-state index contributed by atoms with van der Waals surface area (Å²) in [7, 11) is 3.40. The second-order valence-corrected chi connectivity index (χ2v) is 23.8. The van der Waals surface area contributed by atoms with Crippen molar-refractivity contribution >= 4 is 22.7 Å². The van der Waals surface area contributed by atoms with E-state index in [0.29, 0.717) is 37.4 Å². The first kappa shape index (κ1) is 66.0. The van der Waals surface area contributed by atoms with Crippen LogP contribution in [0.25, 0.3) is 22.3 Å². The first-order valence-electron chi connectivity index (χ1n) is 25.5. The quantitative estimate of drug-likeness (QED) is 0.0820. The van der Waals surface area contributed by atoms with E-state index in [-0.39, 0.29) is 85.7 Å². The molecule has 0 aliphatic heterocycles. The zero-order valence-electron chi connectivity index (χ0n) is 49.4. The van der Waals surface area contributed by atoms with Gasteiger partial charge in [0.25, 0.3) is 0 Å². The molecule has 0 aromatic heterocycles. The number of nitrogens with zero attached hydrogens (tertiary/aromatic N) is 2. The van der Waals surface area contributed by atoms with E-state index in [2.05, 4.69) is 119 Å². The Labute approximate surface area is 473 Å². The molecule has 9 heteroatoms. The van der Waals surface area contributed by atoms with E-state index >= 15 is 0 Å². The maximum Gasteiger partial charge on any atom is 4.00 e. The normalized spacial score (nSPS) is 11.7. The number of rotatable bonds is 14. The van der Waals surface area contributed by atoms with Crippen LogP contribution in [0.2, 0.25) is 0 Å². The first-order valence-corrected chi connectivity index (χ1v) is 25.5. The van der Waals surface area contributed by atoms with E-state index in [0.717, 1.165) is 91.2 Å². The first-order chi connectivity index (χ1) is 33.5. The van der Waals surface area contributed by atoms with Crippen molar-refractivity contribution in [3.05, 3.63) is 156 Å². The zero-order valence-corrected chi connectivity index (χ0v) is 51.9. The Morgan fingerprint density at radius 1 is 0.413 bits per heavy atom. The van der Waals surface area contributed by atoms with Crippen LogP contribution in [0, 0.1) is 42.5 Å². The average Bonchev–Trinajstić information content (AvgIpc) is 3.28. The minimum atomic E-state index is -0.263. The summed E-state index contributed by atoms with van der Waals surface area (Å²) in [4.78, 5) is 4.29. The Hall–Kier alpha value is -5.08. The molecule has 0 radical (unpaired) electrons. The summed E-state index contributed by atoms with van der Waals surface area (Å²) in [6, 6.07) is 32.2. The Kier molecular flexibility index (Phi) is 23.6. The Balaban J connectivity index is 0.000000494. The van der Waals surface area contributed by atoms with Crippen molar-refractivity contribution in [1.29, 1.82) is 0 Å². The SMILES string of the molecule is COCCCN(c1ccccc1-c1cc(C)cc(C(C)(C)C)c1[O-])c1cc(C)cc(C(C)(C)C)c1O.COCCCN(c1ccccc1-c1cc(C)cc(C(C)(C)C)c1[O-])c1cc(C)cc(C(C)(C)C)c1O.[CH3-].[CH3-].[Zr+4]. The molecule has 0 saturated carbocycles. The van der Waals surface area contributed by atoms with Crippen LogP contribution in [-0.2, 0) is 57.3 Å². The van der Waals surface area contributed by atoms with Crippen LogP contribution in [0.1, 0.15) is 140 Å². The number of para-hydroxylation sites is 2. The van der Waals surface area contributed by atoms with E-state index in [1.54, 1.807) is 14.2 Å². The number of aromatic hydroxyl groups is 2. The third-order valence-electron chi connectivity index (χ3n) is 13.2. The van der Waals surface area contributed by atoms with Crippen LogP contribution in [0.4, 0.5) is 22.7 Å². The van der Waals surface area contributed by atoms with E-state index < -0.39 is 0 Å². The molecule has 0 amide bonds. The summed E-state index contributed by atoms with van der Waals surface area (Å²) >= 11 is 0. The minimum Gasteiger partial charge on any atom is -0.872 e. The van der Waals surface area contributed by atoms with Crippen molar-refractivity contribution in [3.63, 3.8) is 0 Å². The topological polar surface area (TPSA) is 112 Å². The van der Waals surface area contributed by atoms with Crippen LogP contribution in [-0.4, -0.2) is 50.7 Å². The molecule has 0 bridgehead atoms. The summed E-state index contributed by atoms with van der Waals surface area (Å²) < 4.78 is 10.7. The largest absolute Gasteiger partial charge is 4.00 e. The van der Waals surface area contributed by atoms with Gasteiger partial charge in [-0.15, -0.1) is 0 Å². The predicted octanol–water partition coefficient (Wildman–Crippen LogP) is 15.9. The van der Waals surface area contributed by atoms with E-state index in [1.165, 1.54) is 0 Å². The van der Waals surface area contributed by atoms with Crippen LogP contribution in [0.3, 0.4) is 0 Å². The molecule has 6 aromatic carbocycles. The maximum atomic E-state index is 13.8. The van der Waals surface area contributed by atoms with Gasteiger partial charge >= 0.3 is 26.2 Å². The van der Waals surface area contributed by atoms with Crippen molar-refractivity contribution in [2.45, 2.75) is 145 Å². The number of hydrogen-bond donors (Lipinski definition) is 2. The number of benzene rings is 6. The molecule has 0 spiro atoms. The van der Waals surface area contributed by atoms with E-state index in [1.807, 2.05) is 98.8 Å². The summed E-state index contributed by atoms with van der Waals surface area (Å²) in [5.41, 5.74) is 13.2. The number of anilines is 4. The molecule has 0 aliphatic carbocycles. The molecule has 6 rings (SSSR count). The van der Waals surface area contributed by atoms with Gasteiger partial charge in [-0.3, -0.25) is 0 Å². The van der Waals surface area contributed by atoms with Gasteiger partial charge in [-0.25, -0.2) is 0 Å².